The predicted octanol–water partition coefficient (Wildman–Crippen LogP) is 3.21. The van der Waals surface area contributed by atoms with Crippen molar-refractivity contribution in [1.82, 2.24) is 4.98 Å². The second kappa shape index (κ2) is 3.35. The maximum Gasteiger partial charge on any atom is 0.146 e. The molecule has 1 heterocycles. The predicted molar refractivity (Wildman–Crippen MR) is 55.4 cm³/mol. The number of anilines is 1. The van der Waals surface area contributed by atoms with Crippen molar-refractivity contribution < 1.29 is 0 Å². The average Bonchev–Trinajstić information content (AvgIpc) is 2.75. The lowest BCUT2D eigenvalue weighted by Gasteiger charge is -2.05. The van der Waals surface area contributed by atoms with Crippen LogP contribution in [0.15, 0.2) is 12.1 Å². The summed E-state index contributed by atoms with van der Waals surface area (Å²) in [5.41, 5.74) is 0. The van der Waals surface area contributed by atoms with Crippen molar-refractivity contribution in [3.63, 3.8) is 0 Å². The molecule has 2 atom stereocenters. The van der Waals surface area contributed by atoms with E-state index in [-0.39, 0.29) is 0 Å². The van der Waals surface area contributed by atoms with Gasteiger partial charge in [-0.1, -0.05) is 30.1 Å². The Morgan fingerprint density at radius 1 is 1.46 bits per heavy atom. The van der Waals surface area contributed by atoms with Crippen molar-refractivity contribution in [2.45, 2.75) is 19.4 Å². The smallest absolute Gasteiger partial charge is 0.146 e. The number of nitrogens with zero attached hydrogens (tertiary/aromatic N) is 1. The van der Waals surface area contributed by atoms with Crippen LogP contribution in [0.5, 0.6) is 0 Å². The fourth-order valence-corrected chi connectivity index (χ4v) is 1.53. The molecule has 1 fully saturated rings. The molecule has 0 spiro atoms. The Labute approximate surface area is 87.3 Å². The number of aromatic nitrogens is 1. The molecule has 1 aromatic heterocycles. The van der Waals surface area contributed by atoms with Gasteiger partial charge in [0, 0.05) is 6.04 Å². The Morgan fingerprint density at radius 3 is 2.77 bits per heavy atom. The van der Waals surface area contributed by atoms with E-state index in [9.17, 15) is 0 Å². The van der Waals surface area contributed by atoms with Gasteiger partial charge < -0.3 is 5.32 Å². The Kier molecular flexibility index (Phi) is 2.35. The summed E-state index contributed by atoms with van der Waals surface area (Å²) in [6, 6.07) is 3.96. The third-order valence-corrected chi connectivity index (χ3v) is 2.76. The van der Waals surface area contributed by atoms with Crippen LogP contribution in [0.3, 0.4) is 0 Å². The summed E-state index contributed by atoms with van der Waals surface area (Å²) in [6.07, 6.45) is 1.19. The molecular formula is C9H10Cl2N2. The second-order valence-corrected chi connectivity index (χ2v) is 4.22. The third-order valence-electron chi connectivity index (χ3n) is 2.24. The van der Waals surface area contributed by atoms with E-state index in [2.05, 4.69) is 17.2 Å². The van der Waals surface area contributed by atoms with E-state index in [1.807, 2.05) is 0 Å². The molecule has 13 heavy (non-hydrogen) atoms. The monoisotopic (exact) mass is 216 g/mol. The number of hydrogen-bond donors (Lipinski definition) is 1. The van der Waals surface area contributed by atoms with E-state index < -0.39 is 0 Å². The van der Waals surface area contributed by atoms with Crippen LogP contribution in [0, 0.1) is 5.92 Å². The lowest BCUT2D eigenvalue weighted by molar-refractivity contribution is 0.924. The minimum absolute atomic E-state index is 0.472. The Balaban J connectivity index is 2.14. The second-order valence-electron chi connectivity index (χ2n) is 3.43. The first-order valence-electron chi connectivity index (χ1n) is 4.25. The zero-order valence-electron chi connectivity index (χ0n) is 7.22. The summed E-state index contributed by atoms with van der Waals surface area (Å²) in [7, 11) is 0. The van der Waals surface area contributed by atoms with Gasteiger partial charge in [-0.2, -0.15) is 0 Å². The summed E-state index contributed by atoms with van der Waals surface area (Å²) < 4.78 is 0. The zero-order valence-corrected chi connectivity index (χ0v) is 8.73. The molecule has 1 aliphatic carbocycles. The molecule has 70 valence electrons. The van der Waals surface area contributed by atoms with Crippen LogP contribution in [-0.4, -0.2) is 11.0 Å². The molecule has 0 saturated heterocycles. The quantitative estimate of drug-likeness (QED) is 0.769. The van der Waals surface area contributed by atoms with Gasteiger partial charge in [-0.25, -0.2) is 4.98 Å². The van der Waals surface area contributed by atoms with Gasteiger partial charge in [0.25, 0.3) is 0 Å². The maximum absolute atomic E-state index is 5.93. The van der Waals surface area contributed by atoms with Gasteiger partial charge in [0.2, 0.25) is 0 Å². The molecule has 1 aromatic rings. The first kappa shape index (κ1) is 9.10. The molecule has 0 aromatic carbocycles. The van der Waals surface area contributed by atoms with E-state index in [4.69, 9.17) is 23.2 Å². The number of halogens is 2. The first-order valence-corrected chi connectivity index (χ1v) is 5.01. The van der Waals surface area contributed by atoms with Crippen molar-refractivity contribution >= 4 is 29.0 Å². The van der Waals surface area contributed by atoms with Crippen LogP contribution in [-0.2, 0) is 0 Å². The zero-order chi connectivity index (χ0) is 9.42. The summed E-state index contributed by atoms with van der Waals surface area (Å²) in [4.78, 5) is 4.11. The maximum atomic E-state index is 5.93. The molecule has 0 aliphatic heterocycles. The number of rotatable bonds is 2. The van der Waals surface area contributed by atoms with Crippen LogP contribution >= 0.6 is 23.2 Å². The van der Waals surface area contributed by atoms with E-state index in [1.54, 1.807) is 12.1 Å². The molecule has 1 saturated carbocycles. The normalized spacial score (nSPS) is 25.8. The van der Waals surface area contributed by atoms with Crippen molar-refractivity contribution in [2.75, 3.05) is 5.32 Å². The number of hydrogen-bond acceptors (Lipinski definition) is 2. The van der Waals surface area contributed by atoms with E-state index in [0.717, 1.165) is 5.92 Å². The average molecular weight is 217 g/mol. The van der Waals surface area contributed by atoms with Crippen LogP contribution in [0.2, 0.25) is 10.2 Å². The highest BCUT2D eigenvalue weighted by atomic mass is 35.5. The summed E-state index contributed by atoms with van der Waals surface area (Å²) in [5.74, 6) is 1.42. The van der Waals surface area contributed by atoms with Gasteiger partial charge in [0.15, 0.2) is 0 Å². The SMILES string of the molecule is CC1CC1Nc1nc(Cl)ccc1Cl. The van der Waals surface area contributed by atoms with Crippen LogP contribution in [0.4, 0.5) is 5.82 Å². The topological polar surface area (TPSA) is 24.9 Å². The molecule has 1 aliphatic rings. The molecule has 0 amide bonds. The van der Waals surface area contributed by atoms with Gasteiger partial charge in [-0.15, -0.1) is 0 Å². The minimum Gasteiger partial charge on any atom is -0.366 e. The van der Waals surface area contributed by atoms with Crippen molar-refractivity contribution in [2.24, 2.45) is 5.92 Å². The standard InChI is InChI=1S/C9H10Cl2N2/c1-5-4-7(5)12-9-6(10)2-3-8(11)13-9/h2-3,5,7H,4H2,1H3,(H,12,13). The Morgan fingerprint density at radius 2 is 2.15 bits per heavy atom. The molecule has 0 radical (unpaired) electrons. The lowest BCUT2D eigenvalue weighted by Crippen LogP contribution is -2.05. The molecule has 2 nitrogen and oxygen atoms in total. The molecular weight excluding hydrogens is 207 g/mol. The number of pyridine rings is 1. The Hall–Kier alpha value is -0.470. The van der Waals surface area contributed by atoms with Gasteiger partial charge in [-0.05, 0) is 24.5 Å². The fraction of sp³-hybridized carbons (Fsp3) is 0.444. The highest BCUT2D eigenvalue weighted by molar-refractivity contribution is 6.34. The van der Waals surface area contributed by atoms with Crippen molar-refractivity contribution in [3.8, 4) is 0 Å². The minimum atomic E-state index is 0.472. The van der Waals surface area contributed by atoms with Crippen LogP contribution in [0.25, 0.3) is 0 Å². The number of nitrogens with one attached hydrogen (secondary N) is 1. The van der Waals surface area contributed by atoms with Crippen LogP contribution < -0.4 is 5.32 Å². The van der Waals surface area contributed by atoms with Gasteiger partial charge in [0.1, 0.15) is 11.0 Å². The largest absolute Gasteiger partial charge is 0.366 e. The van der Waals surface area contributed by atoms with E-state index in [1.165, 1.54) is 6.42 Å². The highest BCUT2D eigenvalue weighted by Gasteiger charge is 2.33. The molecule has 4 heteroatoms. The molecule has 1 N–H and O–H groups in total. The highest BCUT2D eigenvalue weighted by Crippen LogP contribution is 2.34. The van der Waals surface area contributed by atoms with Gasteiger partial charge in [-0.3, -0.25) is 0 Å². The summed E-state index contributed by atoms with van der Waals surface area (Å²) in [6.45, 7) is 2.19. The fourth-order valence-electron chi connectivity index (χ4n) is 1.22. The Bertz CT molecular complexity index is 327. The lowest BCUT2D eigenvalue weighted by atomic mass is 10.4. The van der Waals surface area contributed by atoms with Gasteiger partial charge >= 0.3 is 0 Å². The van der Waals surface area contributed by atoms with Crippen molar-refractivity contribution in [3.05, 3.63) is 22.3 Å². The van der Waals surface area contributed by atoms with E-state index >= 15 is 0 Å². The molecule has 2 unspecified atom stereocenters. The first-order chi connectivity index (χ1) is 6.16. The molecule has 0 bridgehead atoms. The van der Waals surface area contributed by atoms with E-state index in [0.29, 0.717) is 22.0 Å². The van der Waals surface area contributed by atoms with Crippen molar-refractivity contribution in [1.29, 1.82) is 0 Å². The summed E-state index contributed by atoms with van der Waals surface area (Å²) in [5, 5.41) is 4.35. The third kappa shape index (κ3) is 2.06. The van der Waals surface area contributed by atoms with Crippen LogP contribution in [0.1, 0.15) is 13.3 Å². The summed E-state index contributed by atoms with van der Waals surface area (Å²) >= 11 is 11.7. The van der Waals surface area contributed by atoms with Gasteiger partial charge in [0.05, 0.1) is 5.02 Å². The molecule has 2 rings (SSSR count).